The smallest absolute Gasteiger partial charge is 0.153 e. The molecule has 2 aliphatic rings. The van der Waals surface area contributed by atoms with Crippen molar-refractivity contribution in [2.75, 3.05) is 5.32 Å². The van der Waals surface area contributed by atoms with Gasteiger partial charge in [0.25, 0.3) is 0 Å². The summed E-state index contributed by atoms with van der Waals surface area (Å²) in [7, 11) is 0. The summed E-state index contributed by atoms with van der Waals surface area (Å²) in [5, 5.41) is 15.2. The molecule has 3 aromatic heterocycles. The van der Waals surface area contributed by atoms with E-state index in [0.29, 0.717) is 12.1 Å². The van der Waals surface area contributed by atoms with Crippen LogP contribution in [0.15, 0.2) is 30.5 Å². The van der Waals surface area contributed by atoms with Gasteiger partial charge in [-0.25, -0.2) is 4.98 Å². The van der Waals surface area contributed by atoms with Crippen LogP contribution in [0.25, 0.3) is 10.9 Å². The lowest BCUT2D eigenvalue weighted by molar-refractivity contribution is 0.251. The van der Waals surface area contributed by atoms with Gasteiger partial charge in [0.1, 0.15) is 5.82 Å². The van der Waals surface area contributed by atoms with Crippen LogP contribution in [0.4, 0.5) is 11.6 Å². The number of aromatic amines is 1. The number of aryl methyl sites for hydroxylation is 1. The maximum absolute atomic E-state index is 6.95. The summed E-state index contributed by atoms with van der Waals surface area (Å²) < 4.78 is 0. The van der Waals surface area contributed by atoms with Crippen LogP contribution < -0.4 is 16.4 Å². The van der Waals surface area contributed by atoms with Crippen molar-refractivity contribution in [2.24, 2.45) is 5.73 Å². The maximum Gasteiger partial charge on any atom is 0.153 e. The van der Waals surface area contributed by atoms with Gasteiger partial charge in [-0.05, 0) is 44.7 Å². The Morgan fingerprint density at radius 3 is 2.73 bits per heavy atom. The van der Waals surface area contributed by atoms with Crippen LogP contribution in [0, 0.1) is 6.92 Å². The third-order valence-corrected chi connectivity index (χ3v) is 5.59. The SMILES string of the molecule is Cc1cc(Nc2cc3ncccc3c(C3(N)CC4CCC(C3)N4)n2)n[nH]1. The van der Waals surface area contributed by atoms with E-state index in [1.54, 1.807) is 0 Å². The number of nitrogens with two attached hydrogens (primary N) is 1. The van der Waals surface area contributed by atoms with Crippen molar-refractivity contribution in [1.82, 2.24) is 25.5 Å². The van der Waals surface area contributed by atoms with Gasteiger partial charge in [0.15, 0.2) is 5.82 Å². The summed E-state index contributed by atoms with van der Waals surface area (Å²) in [5.41, 5.74) is 9.36. The highest BCUT2D eigenvalue weighted by molar-refractivity contribution is 5.84. The fraction of sp³-hybridized carbons (Fsp3) is 0.421. The molecule has 7 heteroatoms. The number of hydrogen-bond acceptors (Lipinski definition) is 6. The number of fused-ring (bicyclic) bond motifs is 3. The van der Waals surface area contributed by atoms with Gasteiger partial charge < -0.3 is 16.4 Å². The molecule has 7 nitrogen and oxygen atoms in total. The average Bonchev–Trinajstić information content (AvgIpc) is 3.19. The van der Waals surface area contributed by atoms with E-state index in [4.69, 9.17) is 10.7 Å². The van der Waals surface area contributed by atoms with E-state index in [2.05, 4.69) is 31.9 Å². The molecule has 2 fully saturated rings. The van der Waals surface area contributed by atoms with Crippen molar-refractivity contribution in [3.8, 4) is 0 Å². The molecule has 2 saturated heterocycles. The van der Waals surface area contributed by atoms with Crippen molar-refractivity contribution >= 4 is 22.5 Å². The lowest BCUT2D eigenvalue weighted by atomic mass is 9.80. The molecule has 5 N–H and O–H groups in total. The van der Waals surface area contributed by atoms with Crippen LogP contribution in [0.1, 0.15) is 37.1 Å². The minimum absolute atomic E-state index is 0.433. The summed E-state index contributed by atoms with van der Waals surface area (Å²) >= 11 is 0. The Hall–Kier alpha value is -2.51. The molecule has 3 aromatic rings. The van der Waals surface area contributed by atoms with Gasteiger partial charge >= 0.3 is 0 Å². The number of H-pyrrole nitrogens is 1. The molecule has 0 saturated carbocycles. The summed E-state index contributed by atoms with van der Waals surface area (Å²) in [6, 6.07) is 8.91. The predicted molar refractivity (Wildman–Crippen MR) is 101 cm³/mol. The molecule has 2 atom stereocenters. The third kappa shape index (κ3) is 2.64. The van der Waals surface area contributed by atoms with Crippen molar-refractivity contribution in [1.29, 1.82) is 0 Å². The maximum atomic E-state index is 6.95. The quantitative estimate of drug-likeness (QED) is 0.579. The molecule has 134 valence electrons. The largest absolute Gasteiger partial charge is 0.323 e. The highest BCUT2D eigenvalue weighted by atomic mass is 15.2. The van der Waals surface area contributed by atoms with E-state index in [9.17, 15) is 0 Å². The van der Waals surface area contributed by atoms with E-state index in [-0.39, 0.29) is 0 Å². The number of rotatable bonds is 3. The zero-order chi connectivity index (χ0) is 17.7. The Morgan fingerprint density at radius 2 is 2.00 bits per heavy atom. The Bertz CT molecular complexity index is 951. The molecule has 0 aromatic carbocycles. The molecule has 26 heavy (non-hydrogen) atoms. The predicted octanol–water partition coefficient (Wildman–Crippen LogP) is 2.47. The molecule has 2 bridgehead atoms. The topological polar surface area (TPSA) is 105 Å². The van der Waals surface area contributed by atoms with Crippen molar-refractivity contribution in [3.05, 3.63) is 41.9 Å². The Balaban J connectivity index is 1.61. The molecule has 2 aliphatic heterocycles. The Kier molecular flexibility index (Phi) is 3.48. The van der Waals surface area contributed by atoms with E-state index in [1.165, 1.54) is 12.8 Å². The second kappa shape index (κ2) is 5.75. The summed E-state index contributed by atoms with van der Waals surface area (Å²) in [6.45, 7) is 1.97. The zero-order valence-corrected chi connectivity index (χ0v) is 14.8. The lowest BCUT2D eigenvalue weighted by Crippen LogP contribution is -2.52. The summed E-state index contributed by atoms with van der Waals surface area (Å²) in [6.07, 6.45) is 6.02. The second-order valence-corrected chi connectivity index (χ2v) is 7.69. The molecule has 0 spiro atoms. The van der Waals surface area contributed by atoms with Gasteiger partial charge in [-0.15, -0.1) is 0 Å². The molecular weight excluding hydrogens is 326 g/mol. The van der Waals surface area contributed by atoms with Gasteiger partial charge in [-0.1, -0.05) is 0 Å². The van der Waals surface area contributed by atoms with Crippen LogP contribution >= 0.6 is 0 Å². The molecule has 2 unspecified atom stereocenters. The van der Waals surface area contributed by atoms with Crippen LogP contribution in [0.2, 0.25) is 0 Å². The number of anilines is 2. The van der Waals surface area contributed by atoms with Gasteiger partial charge in [0, 0.05) is 41.5 Å². The fourth-order valence-electron chi connectivity index (χ4n) is 4.51. The van der Waals surface area contributed by atoms with Crippen molar-refractivity contribution in [3.63, 3.8) is 0 Å². The number of piperidine rings is 1. The highest BCUT2D eigenvalue weighted by Gasteiger charge is 2.44. The fourth-order valence-corrected chi connectivity index (χ4v) is 4.51. The van der Waals surface area contributed by atoms with Crippen LogP contribution in [0.3, 0.4) is 0 Å². The Morgan fingerprint density at radius 1 is 1.19 bits per heavy atom. The minimum Gasteiger partial charge on any atom is -0.323 e. The monoisotopic (exact) mass is 349 g/mol. The molecular formula is C19H23N7. The van der Waals surface area contributed by atoms with E-state index in [0.717, 1.165) is 46.8 Å². The first-order chi connectivity index (χ1) is 12.6. The number of pyridine rings is 2. The van der Waals surface area contributed by atoms with Gasteiger partial charge in [-0.2, -0.15) is 5.10 Å². The molecule has 0 aliphatic carbocycles. The standard InChI is InChI=1S/C19H23N7/c1-11-7-17(26-25-11)23-16-8-15-14(3-2-6-21-15)18(24-16)19(20)9-12-4-5-13(10-19)22-12/h2-3,6-8,12-13,22H,4-5,9-10,20H2,1H3,(H2,23,24,25,26). The van der Waals surface area contributed by atoms with E-state index < -0.39 is 5.54 Å². The van der Waals surface area contributed by atoms with Gasteiger partial charge in [0.2, 0.25) is 0 Å². The highest BCUT2D eigenvalue weighted by Crippen LogP contribution is 2.40. The van der Waals surface area contributed by atoms with Crippen molar-refractivity contribution < 1.29 is 0 Å². The van der Waals surface area contributed by atoms with Gasteiger partial charge in [0.05, 0.1) is 16.7 Å². The van der Waals surface area contributed by atoms with Crippen LogP contribution in [-0.4, -0.2) is 32.2 Å². The number of hydrogen-bond donors (Lipinski definition) is 4. The zero-order valence-electron chi connectivity index (χ0n) is 14.8. The average molecular weight is 349 g/mol. The number of nitrogens with one attached hydrogen (secondary N) is 3. The summed E-state index contributed by atoms with van der Waals surface area (Å²) in [5.74, 6) is 1.47. The molecule has 0 radical (unpaired) electrons. The second-order valence-electron chi connectivity index (χ2n) is 7.69. The molecule has 5 rings (SSSR count). The van der Waals surface area contributed by atoms with Crippen molar-refractivity contribution in [2.45, 2.75) is 50.2 Å². The first-order valence-corrected chi connectivity index (χ1v) is 9.19. The number of nitrogens with zero attached hydrogens (tertiary/aromatic N) is 3. The third-order valence-electron chi connectivity index (χ3n) is 5.59. The van der Waals surface area contributed by atoms with Crippen LogP contribution in [-0.2, 0) is 5.54 Å². The normalized spacial score (nSPS) is 27.8. The van der Waals surface area contributed by atoms with E-state index in [1.807, 2.05) is 31.3 Å². The summed E-state index contributed by atoms with van der Waals surface area (Å²) in [4.78, 5) is 9.49. The lowest BCUT2D eigenvalue weighted by Gasteiger charge is -2.38. The minimum atomic E-state index is -0.433. The number of aromatic nitrogens is 4. The first-order valence-electron chi connectivity index (χ1n) is 9.19. The van der Waals surface area contributed by atoms with E-state index >= 15 is 0 Å². The van der Waals surface area contributed by atoms with Gasteiger partial charge in [-0.3, -0.25) is 10.1 Å². The Labute approximate surface area is 151 Å². The first kappa shape index (κ1) is 15.7. The van der Waals surface area contributed by atoms with Crippen LogP contribution in [0.5, 0.6) is 0 Å². The molecule has 5 heterocycles. The molecule has 0 amide bonds.